The Hall–Kier alpha value is -1.88. The van der Waals surface area contributed by atoms with Crippen LogP contribution in [0.4, 0.5) is 0 Å². The van der Waals surface area contributed by atoms with E-state index in [4.69, 9.17) is 11.6 Å². The molecule has 5 heteroatoms. The van der Waals surface area contributed by atoms with Crippen molar-refractivity contribution >= 4 is 22.5 Å². The van der Waals surface area contributed by atoms with Gasteiger partial charge in [0.25, 0.3) is 0 Å². The van der Waals surface area contributed by atoms with Gasteiger partial charge in [0.2, 0.25) is 0 Å². The Kier molecular flexibility index (Phi) is 4.28. The summed E-state index contributed by atoms with van der Waals surface area (Å²) in [7, 11) is 2.15. The van der Waals surface area contributed by atoms with E-state index in [9.17, 15) is 5.11 Å². The Labute approximate surface area is 152 Å². The largest absolute Gasteiger partial charge is 0.387 e. The van der Waals surface area contributed by atoms with Crippen molar-refractivity contribution < 1.29 is 5.11 Å². The lowest BCUT2D eigenvalue weighted by Gasteiger charge is -2.32. The minimum absolute atomic E-state index is 0.305. The van der Waals surface area contributed by atoms with Crippen molar-refractivity contribution in [1.29, 1.82) is 0 Å². The van der Waals surface area contributed by atoms with Gasteiger partial charge < -0.3 is 9.67 Å². The van der Waals surface area contributed by atoms with Crippen LogP contribution in [0.1, 0.15) is 35.9 Å². The highest BCUT2D eigenvalue weighted by molar-refractivity contribution is 6.31. The first-order chi connectivity index (χ1) is 12.1. The Morgan fingerprint density at radius 2 is 2.04 bits per heavy atom. The van der Waals surface area contributed by atoms with Gasteiger partial charge in [-0.15, -0.1) is 0 Å². The van der Waals surface area contributed by atoms with Gasteiger partial charge in [0.05, 0.1) is 12.6 Å². The van der Waals surface area contributed by atoms with Crippen LogP contribution in [0.25, 0.3) is 10.9 Å². The number of hydrogen-bond acceptors (Lipinski definition) is 3. The fourth-order valence-corrected chi connectivity index (χ4v) is 4.08. The molecule has 25 heavy (non-hydrogen) atoms. The lowest BCUT2D eigenvalue weighted by Crippen LogP contribution is -2.32. The molecule has 4 rings (SSSR count). The van der Waals surface area contributed by atoms with Crippen molar-refractivity contribution in [2.24, 2.45) is 0 Å². The molecule has 1 N–H and O–H groups in total. The third-order valence-corrected chi connectivity index (χ3v) is 5.63. The van der Waals surface area contributed by atoms with Crippen LogP contribution in [0.2, 0.25) is 5.02 Å². The molecule has 2 aromatic heterocycles. The number of aliphatic hydroxyl groups is 1. The maximum Gasteiger partial charge on any atom is 0.0970 e. The van der Waals surface area contributed by atoms with Crippen LogP contribution in [0.5, 0.6) is 0 Å². The number of likely N-dealkylation sites (N-methyl/N-ethyl adjacent to an activating group) is 1. The van der Waals surface area contributed by atoms with Crippen LogP contribution in [0, 0.1) is 0 Å². The zero-order valence-electron chi connectivity index (χ0n) is 14.5. The summed E-state index contributed by atoms with van der Waals surface area (Å²) in [4.78, 5) is 6.40. The van der Waals surface area contributed by atoms with Crippen molar-refractivity contribution in [1.82, 2.24) is 14.5 Å². The molecular formula is C20H22ClN3O. The van der Waals surface area contributed by atoms with Gasteiger partial charge in [0.15, 0.2) is 0 Å². The number of hydrogen-bond donors (Lipinski definition) is 1. The molecule has 2 unspecified atom stereocenters. The average molecular weight is 356 g/mol. The van der Waals surface area contributed by atoms with E-state index in [0.29, 0.717) is 12.6 Å². The highest BCUT2D eigenvalue weighted by atomic mass is 35.5. The van der Waals surface area contributed by atoms with Crippen molar-refractivity contribution in [3.63, 3.8) is 0 Å². The number of aliphatic hydroxyl groups excluding tert-OH is 1. The molecule has 1 aliphatic rings. The lowest BCUT2D eigenvalue weighted by atomic mass is 9.98. The van der Waals surface area contributed by atoms with E-state index < -0.39 is 6.10 Å². The maximum atomic E-state index is 10.8. The third kappa shape index (κ3) is 2.84. The predicted octanol–water partition coefficient (Wildman–Crippen LogP) is 3.97. The fourth-order valence-electron chi connectivity index (χ4n) is 3.91. The number of pyridine rings is 1. The van der Waals surface area contributed by atoms with Gasteiger partial charge in [-0.1, -0.05) is 11.6 Å². The van der Waals surface area contributed by atoms with Crippen LogP contribution < -0.4 is 0 Å². The summed E-state index contributed by atoms with van der Waals surface area (Å²) in [5.74, 6) is 0. The summed E-state index contributed by atoms with van der Waals surface area (Å²) in [6.07, 6.45) is 3.87. The van der Waals surface area contributed by atoms with E-state index in [-0.39, 0.29) is 0 Å². The van der Waals surface area contributed by atoms with Crippen molar-refractivity contribution in [3.8, 4) is 0 Å². The number of halogens is 1. The summed E-state index contributed by atoms with van der Waals surface area (Å²) in [5.41, 5.74) is 4.69. The highest BCUT2D eigenvalue weighted by Gasteiger charge is 2.29. The van der Waals surface area contributed by atoms with Gasteiger partial charge in [-0.3, -0.25) is 9.88 Å². The van der Waals surface area contributed by atoms with Crippen LogP contribution >= 0.6 is 11.6 Å². The van der Waals surface area contributed by atoms with Gasteiger partial charge in [0, 0.05) is 46.6 Å². The lowest BCUT2D eigenvalue weighted by molar-refractivity contribution is 0.152. The second-order valence-electron chi connectivity index (χ2n) is 6.84. The quantitative estimate of drug-likeness (QED) is 0.772. The van der Waals surface area contributed by atoms with Crippen LogP contribution in [0.3, 0.4) is 0 Å². The summed E-state index contributed by atoms with van der Waals surface area (Å²) in [6, 6.07) is 10.1. The molecule has 0 saturated carbocycles. The number of rotatable bonds is 3. The van der Waals surface area contributed by atoms with E-state index in [1.165, 1.54) is 16.6 Å². The predicted molar refractivity (Wildman–Crippen MR) is 101 cm³/mol. The number of nitrogens with zero attached hydrogens (tertiary/aromatic N) is 3. The van der Waals surface area contributed by atoms with E-state index in [1.807, 2.05) is 18.2 Å². The van der Waals surface area contributed by atoms with Gasteiger partial charge in [-0.25, -0.2) is 0 Å². The van der Waals surface area contributed by atoms with E-state index in [1.54, 1.807) is 12.4 Å². The molecule has 0 fully saturated rings. The topological polar surface area (TPSA) is 41.3 Å². The van der Waals surface area contributed by atoms with Crippen LogP contribution in [-0.4, -0.2) is 33.1 Å². The smallest absolute Gasteiger partial charge is 0.0970 e. The maximum absolute atomic E-state index is 10.8. The Balaban J connectivity index is 1.85. The zero-order chi connectivity index (χ0) is 17.6. The molecule has 1 aromatic carbocycles. The van der Waals surface area contributed by atoms with Crippen molar-refractivity contribution in [2.75, 3.05) is 13.6 Å². The van der Waals surface area contributed by atoms with Gasteiger partial charge in [0.1, 0.15) is 0 Å². The standard InChI is InChI=1S/C20H22ClN3O/c1-13-20-16(7-10-23(13)2)17-11-15(21)3-4-18(17)24(20)12-19(25)14-5-8-22-9-6-14/h3-6,8-9,11,13,19,25H,7,10,12H2,1-2H3. The van der Waals surface area contributed by atoms with Crippen molar-refractivity contribution in [3.05, 3.63) is 64.6 Å². The van der Waals surface area contributed by atoms with E-state index in [0.717, 1.165) is 29.1 Å². The summed E-state index contributed by atoms with van der Waals surface area (Å²) < 4.78 is 2.27. The van der Waals surface area contributed by atoms with E-state index >= 15 is 0 Å². The van der Waals surface area contributed by atoms with Crippen LogP contribution in [0.15, 0.2) is 42.7 Å². The summed E-state index contributed by atoms with van der Waals surface area (Å²) in [6.45, 7) is 3.79. The van der Waals surface area contributed by atoms with Gasteiger partial charge in [-0.05, 0) is 61.9 Å². The zero-order valence-corrected chi connectivity index (χ0v) is 15.2. The number of aromatic nitrogens is 2. The van der Waals surface area contributed by atoms with Gasteiger partial charge in [-0.2, -0.15) is 0 Å². The van der Waals surface area contributed by atoms with Gasteiger partial charge >= 0.3 is 0 Å². The Bertz CT molecular complexity index is 906. The SMILES string of the molecule is CC1c2c(c3cc(Cl)ccc3n2CC(O)c2ccncc2)CCN1C. The fraction of sp³-hybridized carbons (Fsp3) is 0.350. The molecule has 0 saturated heterocycles. The van der Waals surface area contributed by atoms with E-state index in [2.05, 4.69) is 40.6 Å². The minimum atomic E-state index is -0.571. The first kappa shape index (κ1) is 16.6. The number of benzene rings is 1. The molecule has 1 aliphatic heterocycles. The molecule has 3 aromatic rings. The minimum Gasteiger partial charge on any atom is -0.387 e. The third-order valence-electron chi connectivity index (χ3n) is 5.39. The Morgan fingerprint density at radius 1 is 1.28 bits per heavy atom. The first-order valence-electron chi connectivity index (χ1n) is 8.65. The van der Waals surface area contributed by atoms with Crippen LogP contribution in [-0.2, 0) is 13.0 Å². The monoisotopic (exact) mass is 355 g/mol. The summed E-state index contributed by atoms with van der Waals surface area (Å²) >= 11 is 6.26. The molecule has 130 valence electrons. The average Bonchev–Trinajstić information content (AvgIpc) is 2.92. The molecule has 3 heterocycles. The molecule has 0 radical (unpaired) electrons. The van der Waals surface area contributed by atoms with Crippen molar-refractivity contribution in [2.45, 2.75) is 32.0 Å². The molecule has 4 nitrogen and oxygen atoms in total. The molecular weight excluding hydrogens is 334 g/mol. The Morgan fingerprint density at radius 3 is 2.80 bits per heavy atom. The molecule has 0 bridgehead atoms. The highest BCUT2D eigenvalue weighted by Crippen LogP contribution is 2.38. The second-order valence-corrected chi connectivity index (χ2v) is 7.28. The molecule has 2 atom stereocenters. The second kappa shape index (κ2) is 6.45. The normalized spacial score (nSPS) is 19.1. The summed E-state index contributed by atoms with van der Waals surface area (Å²) in [5, 5.41) is 12.7. The molecule has 0 aliphatic carbocycles. The first-order valence-corrected chi connectivity index (χ1v) is 9.03. The number of fused-ring (bicyclic) bond motifs is 3. The molecule has 0 spiro atoms. The molecule has 0 amide bonds.